The fraction of sp³-hybridized carbons (Fsp3) is 0.222. The lowest BCUT2D eigenvalue weighted by Crippen LogP contribution is -2.26. The van der Waals surface area contributed by atoms with Crippen LogP contribution in [-0.4, -0.2) is 12.0 Å². The first-order chi connectivity index (χ1) is 15.1. The van der Waals surface area contributed by atoms with Crippen LogP contribution in [0.4, 0.5) is 11.4 Å². The van der Waals surface area contributed by atoms with Crippen LogP contribution in [0, 0.1) is 6.92 Å². The highest BCUT2D eigenvalue weighted by Crippen LogP contribution is 2.44. The summed E-state index contributed by atoms with van der Waals surface area (Å²) in [6.45, 7) is 2.10. The smallest absolute Gasteiger partial charge is 0.163 e. The van der Waals surface area contributed by atoms with Crippen molar-refractivity contribution in [2.45, 2.75) is 36.6 Å². The summed E-state index contributed by atoms with van der Waals surface area (Å²) in [4.78, 5) is 14.8. The lowest BCUT2D eigenvalue weighted by atomic mass is 9.78. The van der Waals surface area contributed by atoms with Crippen LogP contribution in [0.25, 0.3) is 0 Å². The minimum atomic E-state index is -0.159. The Balaban J connectivity index is 1.58. The van der Waals surface area contributed by atoms with E-state index in [4.69, 9.17) is 0 Å². The summed E-state index contributed by atoms with van der Waals surface area (Å²) in [5.41, 5.74) is 7.55. The number of para-hydroxylation sites is 2. The topological polar surface area (TPSA) is 41.1 Å². The van der Waals surface area contributed by atoms with Crippen LogP contribution in [0.2, 0.25) is 0 Å². The molecule has 2 atom stereocenters. The third-order valence-corrected chi connectivity index (χ3v) is 7.05. The SMILES string of the molecule is CSc1ccc([C@@H]2Nc3ccccc3NC3=C2C(=O)C[C@H](c2ccc(C)cc2)C3)cc1. The normalized spacial score (nSPS) is 20.3. The van der Waals surface area contributed by atoms with Crippen molar-refractivity contribution in [3.8, 4) is 0 Å². The average molecular weight is 427 g/mol. The van der Waals surface area contributed by atoms with E-state index in [-0.39, 0.29) is 17.7 Å². The average Bonchev–Trinajstić information content (AvgIpc) is 2.96. The largest absolute Gasteiger partial charge is 0.372 e. The lowest BCUT2D eigenvalue weighted by Gasteiger charge is -2.30. The van der Waals surface area contributed by atoms with Gasteiger partial charge in [0.2, 0.25) is 0 Å². The van der Waals surface area contributed by atoms with Crippen LogP contribution in [0.3, 0.4) is 0 Å². The predicted octanol–water partition coefficient (Wildman–Crippen LogP) is 6.70. The van der Waals surface area contributed by atoms with E-state index in [0.717, 1.165) is 34.6 Å². The summed E-state index contributed by atoms with van der Waals surface area (Å²) < 4.78 is 0. The molecule has 5 rings (SSSR count). The van der Waals surface area contributed by atoms with Crippen molar-refractivity contribution < 1.29 is 4.79 Å². The zero-order chi connectivity index (χ0) is 21.4. The number of fused-ring (bicyclic) bond motifs is 1. The zero-order valence-corrected chi connectivity index (χ0v) is 18.6. The van der Waals surface area contributed by atoms with Crippen LogP contribution in [0.15, 0.2) is 89.0 Å². The molecule has 2 N–H and O–H groups in total. The second kappa shape index (κ2) is 8.27. The van der Waals surface area contributed by atoms with Gasteiger partial charge >= 0.3 is 0 Å². The number of benzene rings is 3. The molecule has 0 saturated carbocycles. The monoisotopic (exact) mass is 426 g/mol. The van der Waals surface area contributed by atoms with Gasteiger partial charge in [0.1, 0.15) is 0 Å². The summed E-state index contributed by atoms with van der Waals surface area (Å²) >= 11 is 1.73. The zero-order valence-electron chi connectivity index (χ0n) is 17.8. The number of thioether (sulfide) groups is 1. The van der Waals surface area contributed by atoms with Gasteiger partial charge in [-0.3, -0.25) is 4.79 Å². The molecule has 3 aromatic rings. The first-order valence-corrected chi connectivity index (χ1v) is 11.9. The van der Waals surface area contributed by atoms with Gasteiger partial charge in [0.25, 0.3) is 0 Å². The van der Waals surface area contributed by atoms with Gasteiger partial charge in [0, 0.05) is 22.6 Å². The van der Waals surface area contributed by atoms with E-state index in [1.165, 1.54) is 16.0 Å². The van der Waals surface area contributed by atoms with Gasteiger partial charge in [0.05, 0.1) is 17.4 Å². The molecule has 1 aliphatic heterocycles. The van der Waals surface area contributed by atoms with Gasteiger partial charge in [-0.1, -0.05) is 54.1 Å². The van der Waals surface area contributed by atoms with Gasteiger partial charge in [-0.15, -0.1) is 11.8 Å². The highest BCUT2D eigenvalue weighted by molar-refractivity contribution is 7.98. The van der Waals surface area contributed by atoms with E-state index in [9.17, 15) is 4.79 Å². The van der Waals surface area contributed by atoms with Crippen molar-refractivity contribution in [1.29, 1.82) is 0 Å². The molecule has 0 unspecified atom stereocenters. The number of anilines is 2. The molecule has 4 heteroatoms. The Hall–Kier alpha value is -2.98. The van der Waals surface area contributed by atoms with Crippen LogP contribution >= 0.6 is 11.8 Å². The summed E-state index contributed by atoms with van der Waals surface area (Å²) in [6, 6.07) is 25.2. The first kappa shape index (κ1) is 20.0. The molecular weight excluding hydrogens is 400 g/mol. The molecule has 0 spiro atoms. The van der Waals surface area contributed by atoms with E-state index < -0.39 is 0 Å². The molecule has 0 amide bonds. The van der Waals surface area contributed by atoms with Gasteiger partial charge in [0.15, 0.2) is 5.78 Å². The van der Waals surface area contributed by atoms with Crippen molar-refractivity contribution in [3.63, 3.8) is 0 Å². The summed E-state index contributed by atoms with van der Waals surface area (Å²) in [6.07, 6.45) is 3.45. The Bertz CT molecular complexity index is 1150. The van der Waals surface area contributed by atoms with Crippen molar-refractivity contribution in [2.75, 3.05) is 16.9 Å². The maximum Gasteiger partial charge on any atom is 0.163 e. The minimum Gasteiger partial charge on any atom is -0.372 e. The fourth-order valence-electron chi connectivity index (χ4n) is 4.61. The van der Waals surface area contributed by atoms with Crippen molar-refractivity contribution in [3.05, 3.63) is 101 Å². The summed E-state index contributed by atoms with van der Waals surface area (Å²) in [7, 11) is 0. The van der Waals surface area contributed by atoms with Gasteiger partial charge in [-0.05, 0) is 60.9 Å². The van der Waals surface area contributed by atoms with Crippen LogP contribution in [0.5, 0.6) is 0 Å². The summed E-state index contributed by atoms with van der Waals surface area (Å²) in [5.74, 6) is 0.419. The fourth-order valence-corrected chi connectivity index (χ4v) is 5.02. The Morgan fingerprint density at radius 2 is 1.52 bits per heavy atom. The number of carbonyl (C=O) groups is 1. The Morgan fingerprint density at radius 3 is 2.23 bits per heavy atom. The number of allylic oxidation sites excluding steroid dienone is 1. The van der Waals surface area contributed by atoms with E-state index in [1.807, 2.05) is 12.1 Å². The predicted molar refractivity (Wildman–Crippen MR) is 130 cm³/mol. The maximum absolute atomic E-state index is 13.5. The Kier molecular flexibility index (Phi) is 5.33. The van der Waals surface area contributed by atoms with Crippen LogP contribution < -0.4 is 10.6 Å². The van der Waals surface area contributed by atoms with Gasteiger partial charge < -0.3 is 10.6 Å². The van der Waals surface area contributed by atoms with Crippen molar-refractivity contribution in [1.82, 2.24) is 0 Å². The van der Waals surface area contributed by atoms with Gasteiger partial charge in [-0.2, -0.15) is 0 Å². The molecule has 156 valence electrons. The third-order valence-electron chi connectivity index (χ3n) is 6.31. The second-order valence-corrected chi connectivity index (χ2v) is 9.23. The molecule has 0 aromatic heterocycles. The maximum atomic E-state index is 13.5. The van der Waals surface area contributed by atoms with Crippen LogP contribution in [-0.2, 0) is 4.79 Å². The van der Waals surface area contributed by atoms with E-state index in [2.05, 4.69) is 84.5 Å². The molecule has 1 heterocycles. The molecule has 0 fully saturated rings. The number of ketones is 1. The molecule has 3 aromatic carbocycles. The Morgan fingerprint density at radius 1 is 0.839 bits per heavy atom. The van der Waals surface area contributed by atoms with Crippen molar-refractivity contribution >= 4 is 28.9 Å². The minimum absolute atomic E-state index is 0.159. The number of carbonyl (C=O) groups excluding carboxylic acids is 1. The molecule has 2 aliphatic rings. The second-order valence-electron chi connectivity index (χ2n) is 8.35. The molecule has 31 heavy (non-hydrogen) atoms. The molecule has 0 saturated heterocycles. The number of nitrogens with one attached hydrogen (secondary N) is 2. The standard InChI is InChI=1S/C27H26N2OS/c1-17-7-9-18(10-8-17)20-15-24-26(25(30)16-20)27(19-11-13-21(31-2)14-12-19)29-23-6-4-3-5-22(23)28-24/h3-14,20,27-29H,15-16H2,1-2H3/t20-,27+/m1/s1. The number of aryl methyl sites for hydroxylation is 1. The molecule has 0 bridgehead atoms. The van der Waals surface area contributed by atoms with Crippen molar-refractivity contribution in [2.24, 2.45) is 0 Å². The Labute approximate surface area is 188 Å². The highest BCUT2D eigenvalue weighted by Gasteiger charge is 2.35. The summed E-state index contributed by atoms with van der Waals surface area (Å²) in [5, 5.41) is 7.27. The quantitative estimate of drug-likeness (QED) is 0.458. The number of rotatable bonds is 3. The van der Waals surface area contributed by atoms with Gasteiger partial charge in [-0.25, -0.2) is 0 Å². The lowest BCUT2D eigenvalue weighted by molar-refractivity contribution is -0.116. The number of hydrogen-bond donors (Lipinski definition) is 2. The molecule has 0 radical (unpaired) electrons. The highest BCUT2D eigenvalue weighted by atomic mass is 32.2. The molecule has 3 nitrogen and oxygen atoms in total. The first-order valence-electron chi connectivity index (χ1n) is 10.7. The third kappa shape index (κ3) is 3.88. The number of Topliss-reactive ketones (excluding diaryl/α,β-unsaturated/α-hetero) is 1. The van der Waals surface area contributed by atoms with E-state index >= 15 is 0 Å². The van der Waals surface area contributed by atoms with Crippen LogP contribution in [0.1, 0.15) is 41.5 Å². The van der Waals surface area contributed by atoms with E-state index in [0.29, 0.717) is 6.42 Å². The molecule has 1 aliphatic carbocycles. The molecular formula is C27H26N2OS. The van der Waals surface area contributed by atoms with E-state index in [1.54, 1.807) is 11.8 Å². The number of hydrogen-bond acceptors (Lipinski definition) is 4.